The number of pyridine rings is 1. The molecule has 19 heavy (non-hydrogen) atoms. The maximum atomic E-state index is 5.18. The lowest BCUT2D eigenvalue weighted by Crippen LogP contribution is -2.29. The zero-order valence-corrected chi connectivity index (χ0v) is 11.6. The number of methoxy groups -OCH3 is 1. The Balaban J connectivity index is 2.06. The fraction of sp³-hybridized carbons (Fsp3) is 0.533. The first kappa shape index (κ1) is 14.0. The number of rotatable bonds is 9. The fourth-order valence-corrected chi connectivity index (χ4v) is 2.06. The second-order valence-electron chi connectivity index (χ2n) is 4.89. The average molecular weight is 261 g/mol. The molecule has 4 heteroatoms. The van der Waals surface area contributed by atoms with Gasteiger partial charge in [-0.1, -0.05) is 6.08 Å². The molecule has 0 bridgehead atoms. The summed E-state index contributed by atoms with van der Waals surface area (Å²) >= 11 is 0. The highest BCUT2D eigenvalue weighted by molar-refractivity contribution is 5.52. The van der Waals surface area contributed by atoms with E-state index >= 15 is 0 Å². The summed E-state index contributed by atoms with van der Waals surface area (Å²) in [6, 6.07) is 2.81. The van der Waals surface area contributed by atoms with Gasteiger partial charge in [0.05, 0.1) is 18.5 Å². The van der Waals surface area contributed by atoms with Gasteiger partial charge in [-0.05, 0) is 24.5 Å². The van der Waals surface area contributed by atoms with E-state index < -0.39 is 0 Å². The minimum absolute atomic E-state index is 0.707. The van der Waals surface area contributed by atoms with Crippen LogP contribution in [0, 0.1) is 0 Å². The molecule has 1 heterocycles. The molecule has 1 aliphatic carbocycles. The summed E-state index contributed by atoms with van der Waals surface area (Å²) in [6.45, 7) is 7.10. The van der Waals surface area contributed by atoms with Gasteiger partial charge < -0.3 is 15.0 Å². The summed E-state index contributed by atoms with van der Waals surface area (Å²) in [5.41, 5.74) is 2.47. The summed E-state index contributed by atoms with van der Waals surface area (Å²) in [5.74, 6) is 0. The Morgan fingerprint density at radius 3 is 3.11 bits per heavy atom. The van der Waals surface area contributed by atoms with Crippen LogP contribution in [0.25, 0.3) is 0 Å². The van der Waals surface area contributed by atoms with Crippen molar-refractivity contribution < 1.29 is 4.74 Å². The molecule has 2 rings (SSSR count). The van der Waals surface area contributed by atoms with E-state index in [1.54, 1.807) is 7.11 Å². The maximum absolute atomic E-state index is 5.18. The average Bonchev–Trinajstić information content (AvgIpc) is 3.26. The lowest BCUT2D eigenvalue weighted by Gasteiger charge is -2.25. The van der Waals surface area contributed by atoms with E-state index in [0.29, 0.717) is 12.6 Å². The van der Waals surface area contributed by atoms with Crippen molar-refractivity contribution in [1.29, 1.82) is 0 Å². The molecule has 1 aromatic rings. The molecule has 0 atom stereocenters. The predicted molar refractivity (Wildman–Crippen MR) is 78.4 cm³/mol. The van der Waals surface area contributed by atoms with Crippen LogP contribution >= 0.6 is 0 Å². The topological polar surface area (TPSA) is 37.4 Å². The van der Waals surface area contributed by atoms with Crippen LogP contribution in [0.3, 0.4) is 0 Å². The summed E-state index contributed by atoms with van der Waals surface area (Å²) in [5, 5.41) is 3.55. The van der Waals surface area contributed by atoms with Crippen molar-refractivity contribution in [2.45, 2.75) is 25.4 Å². The van der Waals surface area contributed by atoms with Crippen molar-refractivity contribution >= 4 is 5.69 Å². The molecule has 1 N–H and O–H groups in total. The highest BCUT2D eigenvalue weighted by Crippen LogP contribution is 2.23. The van der Waals surface area contributed by atoms with Gasteiger partial charge in [0, 0.05) is 39.0 Å². The fourth-order valence-electron chi connectivity index (χ4n) is 2.06. The highest BCUT2D eigenvalue weighted by Gasteiger charge is 2.21. The Bertz CT molecular complexity index is 404. The van der Waals surface area contributed by atoms with Gasteiger partial charge in [-0.3, -0.25) is 4.98 Å². The molecule has 0 amide bonds. The summed E-state index contributed by atoms with van der Waals surface area (Å²) < 4.78 is 5.18. The number of nitrogens with zero attached hydrogens (tertiary/aromatic N) is 2. The van der Waals surface area contributed by atoms with Crippen LogP contribution < -0.4 is 10.2 Å². The predicted octanol–water partition coefficient (Wildman–Crippen LogP) is 1.97. The third kappa shape index (κ3) is 4.33. The van der Waals surface area contributed by atoms with Gasteiger partial charge in [0.25, 0.3) is 0 Å². The van der Waals surface area contributed by atoms with E-state index in [-0.39, 0.29) is 0 Å². The van der Waals surface area contributed by atoms with Gasteiger partial charge in [-0.2, -0.15) is 0 Å². The molecule has 1 aliphatic rings. The largest absolute Gasteiger partial charge is 0.383 e. The lowest BCUT2D eigenvalue weighted by molar-refractivity contribution is 0.205. The smallest absolute Gasteiger partial charge is 0.0637 e. The number of hydrogen-bond donors (Lipinski definition) is 1. The minimum Gasteiger partial charge on any atom is -0.383 e. The number of hydrogen-bond acceptors (Lipinski definition) is 4. The first-order chi connectivity index (χ1) is 9.35. The van der Waals surface area contributed by atoms with Crippen molar-refractivity contribution in [3.63, 3.8) is 0 Å². The van der Waals surface area contributed by atoms with Gasteiger partial charge in [-0.25, -0.2) is 0 Å². The molecule has 0 saturated heterocycles. The van der Waals surface area contributed by atoms with E-state index in [1.165, 1.54) is 24.1 Å². The summed E-state index contributed by atoms with van der Waals surface area (Å²) in [7, 11) is 1.73. The molecular formula is C15H23N3O. The van der Waals surface area contributed by atoms with Crippen LogP contribution in [0.4, 0.5) is 5.69 Å². The van der Waals surface area contributed by atoms with Crippen molar-refractivity contribution in [2.75, 3.05) is 31.7 Å². The van der Waals surface area contributed by atoms with Crippen molar-refractivity contribution in [1.82, 2.24) is 10.3 Å². The quantitative estimate of drug-likeness (QED) is 0.690. The van der Waals surface area contributed by atoms with Crippen LogP contribution in [0.1, 0.15) is 18.4 Å². The van der Waals surface area contributed by atoms with Crippen LogP contribution in [-0.2, 0) is 11.3 Å². The van der Waals surface area contributed by atoms with E-state index in [1.807, 2.05) is 18.5 Å². The summed E-state index contributed by atoms with van der Waals surface area (Å²) in [4.78, 5) is 6.51. The zero-order chi connectivity index (χ0) is 13.5. The normalized spacial score (nSPS) is 14.4. The Hall–Kier alpha value is -1.39. The molecule has 0 radical (unpaired) electrons. The molecule has 104 valence electrons. The van der Waals surface area contributed by atoms with Gasteiger partial charge in [0.15, 0.2) is 0 Å². The molecular weight excluding hydrogens is 238 g/mol. The molecule has 0 spiro atoms. The molecule has 0 aliphatic heterocycles. The van der Waals surface area contributed by atoms with Gasteiger partial charge in [-0.15, -0.1) is 6.58 Å². The first-order valence-corrected chi connectivity index (χ1v) is 6.86. The Labute approximate surface area is 115 Å². The van der Waals surface area contributed by atoms with Crippen molar-refractivity contribution in [3.8, 4) is 0 Å². The van der Waals surface area contributed by atoms with Crippen molar-refractivity contribution in [2.24, 2.45) is 0 Å². The van der Waals surface area contributed by atoms with Gasteiger partial charge in [0.1, 0.15) is 0 Å². The lowest BCUT2D eigenvalue weighted by atomic mass is 10.2. The molecule has 0 unspecified atom stereocenters. The molecule has 1 aromatic heterocycles. The number of anilines is 1. The van der Waals surface area contributed by atoms with Crippen LogP contribution in [0.15, 0.2) is 31.1 Å². The number of nitrogens with one attached hydrogen (secondary N) is 1. The van der Waals surface area contributed by atoms with E-state index in [2.05, 4.69) is 27.8 Å². The van der Waals surface area contributed by atoms with E-state index in [4.69, 9.17) is 4.74 Å². The number of aromatic nitrogens is 1. The van der Waals surface area contributed by atoms with Crippen LogP contribution in [0.2, 0.25) is 0 Å². The SMILES string of the molecule is C=CCN(CCOC)c1cnccc1CNC1CC1. The monoisotopic (exact) mass is 261 g/mol. The third-order valence-corrected chi connectivity index (χ3v) is 3.30. The molecule has 1 saturated carbocycles. The second kappa shape index (κ2) is 7.26. The Morgan fingerprint density at radius 1 is 1.58 bits per heavy atom. The maximum Gasteiger partial charge on any atom is 0.0637 e. The van der Waals surface area contributed by atoms with Crippen LogP contribution in [-0.4, -0.2) is 37.8 Å². The van der Waals surface area contributed by atoms with Gasteiger partial charge >= 0.3 is 0 Å². The molecule has 1 fully saturated rings. The standard InChI is InChI=1S/C15H23N3O/c1-3-8-18(9-10-19-2)15-12-16-7-6-13(15)11-17-14-4-5-14/h3,6-7,12,14,17H,1,4-5,8-11H2,2H3. The Morgan fingerprint density at radius 2 is 2.42 bits per heavy atom. The van der Waals surface area contributed by atoms with E-state index in [0.717, 1.165) is 19.6 Å². The summed E-state index contributed by atoms with van der Waals surface area (Å²) in [6.07, 6.45) is 8.32. The third-order valence-electron chi connectivity index (χ3n) is 3.30. The minimum atomic E-state index is 0.707. The molecule has 0 aromatic carbocycles. The van der Waals surface area contributed by atoms with Gasteiger partial charge in [0.2, 0.25) is 0 Å². The highest BCUT2D eigenvalue weighted by atomic mass is 16.5. The first-order valence-electron chi connectivity index (χ1n) is 6.86. The van der Waals surface area contributed by atoms with E-state index in [9.17, 15) is 0 Å². The molecule has 4 nitrogen and oxygen atoms in total. The second-order valence-corrected chi connectivity index (χ2v) is 4.89. The van der Waals surface area contributed by atoms with Crippen molar-refractivity contribution in [3.05, 3.63) is 36.7 Å². The Kier molecular flexibility index (Phi) is 5.36. The zero-order valence-electron chi connectivity index (χ0n) is 11.6. The number of ether oxygens (including phenoxy) is 1. The van der Waals surface area contributed by atoms with Crippen LogP contribution in [0.5, 0.6) is 0 Å².